The van der Waals surface area contributed by atoms with Crippen LogP contribution in [0.2, 0.25) is 0 Å². The lowest BCUT2D eigenvalue weighted by atomic mass is 10.0. The Balaban J connectivity index is 2.23. The van der Waals surface area contributed by atoms with Gasteiger partial charge >= 0.3 is 5.97 Å². The first kappa shape index (κ1) is 17.0. The van der Waals surface area contributed by atoms with Crippen LogP contribution in [-0.4, -0.2) is 32.4 Å². The van der Waals surface area contributed by atoms with E-state index in [1.807, 2.05) is 51.1 Å². The SMILES string of the molecule is CCOc1nc2c(c(C)nn2-c2ccccc2)c(C)c1CCC(=O)O. The predicted molar refractivity (Wildman–Crippen MR) is 95.5 cm³/mol. The summed E-state index contributed by atoms with van der Waals surface area (Å²) in [4.78, 5) is 15.7. The molecule has 0 saturated carbocycles. The van der Waals surface area contributed by atoms with E-state index in [0.717, 1.165) is 33.5 Å². The van der Waals surface area contributed by atoms with Crippen LogP contribution in [0, 0.1) is 13.8 Å². The number of fused-ring (bicyclic) bond motifs is 1. The summed E-state index contributed by atoms with van der Waals surface area (Å²) in [5.74, 6) is -0.343. The number of aliphatic carboxylic acids is 1. The molecule has 130 valence electrons. The zero-order valence-corrected chi connectivity index (χ0v) is 14.6. The van der Waals surface area contributed by atoms with Gasteiger partial charge in [0, 0.05) is 17.4 Å². The molecule has 6 heteroatoms. The number of para-hydroxylation sites is 1. The molecular formula is C19H21N3O3. The van der Waals surface area contributed by atoms with E-state index in [1.54, 1.807) is 4.68 Å². The van der Waals surface area contributed by atoms with E-state index in [9.17, 15) is 4.79 Å². The van der Waals surface area contributed by atoms with Crippen molar-refractivity contribution in [3.63, 3.8) is 0 Å². The lowest BCUT2D eigenvalue weighted by molar-refractivity contribution is -0.136. The first-order valence-corrected chi connectivity index (χ1v) is 8.31. The molecule has 3 rings (SSSR count). The van der Waals surface area contributed by atoms with Crippen molar-refractivity contribution >= 4 is 17.0 Å². The third-order valence-corrected chi connectivity index (χ3v) is 4.20. The minimum Gasteiger partial charge on any atom is -0.481 e. The molecule has 2 heterocycles. The molecule has 25 heavy (non-hydrogen) atoms. The van der Waals surface area contributed by atoms with Crippen molar-refractivity contribution in [1.29, 1.82) is 0 Å². The number of carbonyl (C=O) groups is 1. The van der Waals surface area contributed by atoms with Crippen molar-refractivity contribution in [3.05, 3.63) is 47.2 Å². The summed E-state index contributed by atoms with van der Waals surface area (Å²) in [6.45, 7) is 6.28. The molecule has 0 radical (unpaired) electrons. The highest BCUT2D eigenvalue weighted by Crippen LogP contribution is 2.31. The first-order valence-electron chi connectivity index (χ1n) is 8.31. The second-order valence-corrected chi connectivity index (χ2v) is 5.88. The summed E-state index contributed by atoms with van der Waals surface area (Å²) in [5, 5.41) is 14.6. The number of aromatic nitrogens is 3. The van der Waals surface area contributed by atoms with Crippen LogP contribution in [0.5, 0.6) is 5.88 Å². The Hall–Kier alpha value is -2.89. The molecule has 3 aromatic rings. The molecule has 1 aromatic carbocycles. The Labute approximate surface area is 146 Å². The Kier molecular flexibility index (Phi) is 4.70. The fraction of sp³-hybridized carbons (Fsp3) is 0.316. The van der Waals surface area contributed by atoms with Gasteiger partial charge in [-0.1, -0.05) is 18.2 Å². The van der Waals surface area contributed by atoms with Crippen LogP contribution < -0.4 is 4.74 Å². The highest BCUT2D eigenvalue weighted by molar-refractivity contribution is 5.85. The molecule has 0 aliphatic heterocycles. The van der Waals surface area contributed by atoms with Crippen molar-refractivity contribution < 1.29 is 14.6 Å². The standard InChI is InChI=1S/C19H21N3O3/c1-4-25-19-15(10-11-16(23)24)12(2)17-13(3)21-22(18(17)20-19)14-8-6-5-7-9-14/h5-9H,4,10-11H2,1-3H3,(H,23,24). The quantitative estimate of drug-likeness (QED) is 0.744. The number of carboxylic acids is 1. The minimum absolute atomic E-state index is 0.0416. The van der Waals surface area contributed by atoms with Crippen LogP contribution in [0.1, 0.15) is 30.2 Å². The van der Waals surface area contributed by atoms with Crippen LogP contribution >= 0.6 is 0 Å². The number of nitrogens with zero attached hydrogens (tertiary/aromatic N) is 3. The number of aryl methyl sites for hydroxylation is 2. The predicted octanol–water partition coefficient (Wildman–Crippen LogP) is 3.45. The van der Waals surface area contributed by atoms with Crippen molar-refractivity contribution in [1.82, 2.24) is 14.8 Å². The Morgan fingerprint density at radius 3 is 2.60 bits per heavy atom. The van der Waals surface area contributed by atoms with E-state index in [-0.39, 0.29) is 6.42 Å². The van der Waals surface area contributed by atoms with Crippen LogP contribution in [0.15, 0.2) is 30.3 Å². The molecule has 0 bridgehead atoms. The van der Waals surface area contributed by atoms with Crippen molar-refractivity contribution in [2.24, 2.45) is 0 Å². The van der Waals surface area contributed by atoms with Gasteiger partial charge in [-0.2, -0.15) is 10.1 Å². The Bertz CT molecular complexity index is 917. The fourth-order valence-corrected chi connectivity index (χ4v) is 3.06. The van der Waals surface area contributed by atoms with E-state index in [4.69, 9.17) is 9.84 Å². The highest BCUT2D eigenvalue weighted by Gasteiger charge is 2.20. The lowest BCUT2D eigenvalue weighted by Crippen LogP contribution is -2.07. The number of rotatable bonds is 6. The van der Waals surface area contributed by atoms with E-state index >= 15 is 0 Å². The maximum atomic E-state index is 11.0. The third-order valence-electron chi connectivity index (χ3n) is 4.20. The highest BCUT2D eigenvalue weighted by atomic mass is 16.5. The normalized spacial score (nSPS) is 11.0. The number of benzene rings is 1. The molecule has 6 nitrogen and oxygen atoms in total. The van der Waals surface area contributed by atoms with Gasteiger partial charge < -0.3 is 9.84 Å². The van der Waals surface area contributed by atoms with Crippen LogP contribution in [-0.2, 0) is 11.2 Å². The molecular weight excluding hydrogens is 318 g/mol. The zero-order valence-electron chi connectivity index (χ0n) is 14.6. The lowest BCUT2D eigenvalue weighted by Gasteiger charge is -2.13. The van der Waals surface area contributed by atoms with Crippen LogP contribution in [0.3, 0.4) is 0 Å². The third kappa shape index (κ3) is 3.20. The van der Waals surface area contributed by atoms with Crippen molar-refractivity contribution in [2.45, 2.75) is 33.6 Å². The fourth-order valence-electron chi connectivity index (χ4n) is 3.06. The zero-order chi connectivity index (χ0) is 18.0. The monoisotopic (exact) mass is 339 g/mol. The van der Waals surface area contributed by atoms with Crippen molar-refractivity contribution in [2.75, 3.05) is 6.61 Å². The second-order valence-electron chi connectivity index (χ2n) is 5.88. The number of hydrogen-bond acceptors (Lipinski definition) is 4. The van der Waals surface area contributed by atoms with Gasteiger partial charge in [-0.05, 0) is 44.9 Å². The topological polar surface area (TPSA) is 77.2 Å². The van der Waals surface area contributed by atoms with Crippen molar-refractivity contribution in [3.8, 4) is 11.6 Å². The number of ether oxygens (including phenoxy) is 1. The molecule has 0 fully saturated rings. The smallest absolute Gasteiger partial charge is 0.303 e. The molecule has 1 N–H and O–H groups in total. The molecule has 0 saturated heterocycles. The number of pyridine rings is 1. The van der Waals surface area contributed by atoms with Gasteiger partial charge in [0.25, 0.3) is 0 Å². The van der Waals surface area contributed by atoms with Gasteiger partial charge in [-0.3, -0.25) is 4.79 Å². The Morgan fingerprint density at radius 1 is 1.24 bits per heavy atom. The summed E-state index contributed by atoms with van der Waals surface area (Å²) in [7, 11) is 0. The first-order chi connectivity index (χ1) is 12.0. The Morgan fingerprint density at radius 2 is 1.96 bits per heavy atom. The second kappa shape index (κ2) is 6.93. The van der Waals surface area contributed by atoms with E-state index in [1.165, 1.54) is 0 Å². The van der Waals surface area contributed by atoms with Gasteiger partial charge in [-0.25, -0.2) is 4.68 Å². The minimum atomic E-state index is -0.835. The molecule has 0 aliphatic carbocycles. The maximum Gasteiger partial charge on any atom is 0.303 e. The summed E-state index contributed by atoms with van der Waals surface area (Å²) in [5.41, 5.74) is 4.34. The molecule has 0 aliphatic rings. The van der Waals surface area contributed by atoms with Gasteiger partial charge in [0.15, 0.2) is 5.65 Å². The van der Waals surface area contributed by atoms with Gasteiger partial charge in [0.2, 0.25) is 5.88 Å². The maximum absolute atomic E-state index is 11.0. The average Bonchev–Trinajstić information content (AvgIpc) is 2.92. The molecule has 0 atom stereocenters. The van der Waals surface area contributed by atoms with Gasteiger partial charge in [-0.15, -0.1) is 0 Å². The largest absolute Gasteiger partial charge is 0.481 e. The summed E-state index contributed by atoms with van der Waals surface area (Å²) in [6, 6.07) is 9.81. The van der Waals surface area contributed by atoms with E-state index < -0.39 is 5.97 Å². The van der Waals surface area contributed by atoms with E-state index in [0.29, 0.717) is 18.9 Å². The van der Waals surface area contributed by atoms with Crippen LogP contribution in [0.25, 0.3) is 16.7 Å². The average molecular weight is 339 g/mol. The molecule has 0 amide bonds. The van der Waals surface area contributed by atoms with Gasteiger partial charge in [0.1, 0.15) is 0 Å². The van der Waals surface area contributed by atoms with Gasteiger partial charge in [0.05, 0.1) is 18.0 Å². The summed E-state index contributed by atoms with van der Waals surface area (Å²) >= 11 is 0. The van der Waals surface area contributed by atoms with Crippen LogP contribution in [0.4, 0.5) is 0 Å². The number of hydrogen-bond donors (Lipinski definition) is 1. The number of carboxylic acid groups (broad SMARTS) is 1. The molecule has 0 unspecified atom stereocenters. The summed E-state index contributed by atoms with van der Waals surface area (Å²) < 4.78 is 7.52. The molecule has 2 aromatic heterocycles. The molecule has 0 spiro atoms. The summed E-state index contributed by atoms with van der Waals surface area (Å²) in [6.07, 6.45) is 0.426. The van der Waals surface area contributed by atoms with E-state index in [2.05, 4.69) is 10.1 Å².